The monoisotopic (exact) mass is 364 g/mol. The Kier molecular flexibility index (Phi) is 5.31. The van der Waals surface area contributed by atoms with E-state index in [1.165, 1.54) is 0 Å². The molecule has 0 N–H and O–H groups in total. The molecule has 6 nitrogen and oxygen atoms in total. The fourth-order valence-corrected chi connectivity index (χ4v) is 3.47. The fourth-order valence-electron chi connectivity index (χ4n) is 3.47. The molecule has 1 saturated heterocycles. The van der Waals surface area contributed by atoms with Crippen LogP contribution in [0, 0.1) is 25.2 Å². The van der Waals surface area contributed by atoms with Crippen molar-refractivity contribution in [2.75, 3.05) is 26.2 Å². The van der Waals surface area contributed by atoms with Crippen molar-refractivity contribution in [3.63, 3.8) is 0 Å². The maximum atomic E-state index is 12.9. The normalized spacial score (nSPS) is 14.6. The van der Waals surface area contributed by atoms with Gasteiger partial charge in [-0.1, -0.05) is 6.07 Å². The number of nitrogens with zero attached hydrogens (tertiary/aromatic N) is 4. The second-order valence-electron chi connectivity index (χ2n) is 6.97. The van der Waals surface area contributed by atoms with Crippen LogP contribution in [0.1, 0.15) is 44.1 Å². The van der Waals surface area contributed by atoms with Crippen molar-refractivity contribution in [3.8, 4) is 6.07 Å². The first kappa shape index (κ1) is 18.7. The number of hydrogen-bond acceptors (Lipinski definition) is 3. The Morgan fingerprint density at radius 3 is 2.26 bits per heavy atom. The van der Waals surface area contributed by atoms with E-state index >= 15 is 0 Å². The van der Waals surface area contributed by atoms with Gasteiger partial charge in [0.05, 0.1) is 17.2 Å². The first-order valence-electron chi connectivity index (χ1n) is 9.14. The van der Waals surface area contributed by atoms with Crippen LogP contribution in [-0.2, 0) is 7.05 Å². The molecule has 3 rings (SSSR count). The highest BCUT2D eigenvalue weighted by molar-refractivity contribution is 5.96. The third-order valence-corrected chi connectivity index (χ3v) is 5.31. The highest BCUT2D eigenvalue weighted by Gasteiger charge is 2.25. The summed E-state index contributed by atoms with van der Waals surface area (Å²) in [6.07, 6.45) is 0.736. The van der Waals surface area contributed by atoms with E-state index in [2.05, 4.69) is 6.07 Å². The van der Waals surface area contributed by atoms with Crippen LogP contribution in [0.2, 0.25) is 0 Å². The maximum Gasteiger partial charge on any atom is 0.255 e. The lowest BCUT2D eigenvalue weighted by molar-refractivity contribution is 0.0718. The van der Waals surface area contributed by atoms with Gasteiger partial charge in [-0.15, -0.1) is 0 Å². The molecule has 6 heteroatoms. The van der Waals surface area contributed by atoms with Gasteiger partial charge in [-0.2, -0.15) is 5.26 Å². The molecule has 2 aromatic rings. The Balaban J connectivity index is 1.71. The minimum atomic E-state index is -0.0897. The average molecular weight is 364 g/mol. The van der Waals surface area contributed by atoms with Crippen molar-refractivity contribution in [1.82, 2.24) is 14.4 Å². The Bertz CT molecular complexity index is 923. The summed E-state index contributed by atoms with van der Waals surface area (Å²) in [6.45, 7) is 6.18. The second-order valence-corrected chi connectivity index (χ2v) is 6.97. The van der Waals surface area contributed by atoms with Gasteiger partial charge in [0.1, 0.15) is 0 Å². The number of aromatic nitrogens is 1. The lowest BCUT2D eigenvalue weighted by atomic mass is 10.1. The topological polar surface area (TPSA) is 69.3 Å². The molecule has 0 atom stereocenters. The Hall–Kier alpha value is -3.07. The zero-order valence-corrected chi connectivity index (χ0v) is 16.0. The molecule has 140 valence electrons. The molecule has 1 aliphatic rings. The number of amides is 2. The van der Waals surface area contributed by atoms with Crippen LogP contribution in [-0.4, -0.2) is 52.4 Å². The van der Waals surface area contributed by atoms with Crippen molar-refractivity contribution in [1.29, 1.82) is 5.26 Å². The summed E-state index contributed by atoms with van der Waals surface area (Å²) in [4.78, 5) is 29.3. The molecule has 2 amide bonds. The van der Waals surface area contributed by atoms with Crippen LogP contribution in [0.15, 0.2) is 30.3 Å². The van der Waals surface area contributed by atoms with Gasteiger partial charge in [0, 0.05) is 50.2 Å². The molecule has 27 heavy (non-hydrogen) atoms. The van der Waals surface area contributed by atoms with E-state index in [4.69, 9.17) is 5.26 Å². The van der Waals surface area contributed by atoms with E-state index in [1.54, 1.807) is 29.2 Å². The summed E-state index contributed by atoms with van der Waals surface area (Å²) in [5, 5.41) is 9.03. The summed E-state index contributed by atoms with van der Waals surface area (Å²) >= 11 is 0. The third kappa shape index (κ3) is 3.72. The Morgan fingerprint density at radius 2 is 1.67 bits per heavy atom. The molecule has 0 spiro atoms. The molecule has 1 fully saturated rings. The number of nitriles is 1. The van der Waals surface area contributed by atoms with E-state index in [0.29, 0.717) is 37.3 Å². The number of carbonyl (C=O) groups is 2. The molecular weight excluding hydrogens is 340 g/mol. The van der Waals surface area contributed by atoms with E-state index in [0.717, 1.165) is 23.4 Å². The van der Waals surface area contributed by atoms with Gasteiger partial charge in [-0.3, -0.25) is 9.59 Å². The van der Waals surface area contributed by atoms with E-state index in [-0.39, 0.29) is 11.8 Å². The molecule has 2 heterocycles. The third-order valence-electron chi connectivity index (χ3n) is 5.31. The summed E-state index contributed by atoms with van der Waals surface area (Å²) in [6, 6.07) is 10.7. The first-order valence-corrected chi connectivity index (χ1v) is 9.14. The molecule has 0 aliphatic carbocycles. The minimum Gasteiger partial charge on any atom is -0.351 e. The first-order chi connectivity index (χ1) is 12.9. The molecule has 1 aromatic heterocycles. The zero-order chi connectivity index (χ0) is 19.6. The number of rotatable bonds is 2. The van der Waals surface area contributed by atoms with Crippen LogP contribution in [0.3, 0.4) is 0 Å². The molecule has 0 unspecified atom stereocenters. The maximum absolute atomic E-state index is 12.9. The van der Waals surface area contributed by atoms with Gasteiger partial charge in [-0.05, 0) is 44.5 Å². The molecule has 1 aliphatic heterocycles. The van der Waals surface area contributed by atoms with Gasteiger partial charge in [0.2, 0.25) is 0 Å². The van der Waals surface area contributed by atoms with Crippen molar-refractivity contribution in [3.05, 3.63) is 58.4 Å². The van der Waals surface area contributed by atoms with Crippen LogP contribution < -0.4 is 0 Å². The fraction of sp³-hybridized carbons (Fsp3) is 0.381. The summed E-state index contributed by atoms with van der Waals surface area (Å²) in [7, 11) is 1.96. The summed E-state index contributed by atoms with van der Waals surface area (Å²) in [5.74, 6) is -0.0647. The predicted molar refractivity (Wildman–Crippen MR) is 102 cm³/mol. The van der Waals surface area contributed by atoms with Gasteiger partial charge >= 0.3 is 0 Å². The zero-order valence-electron chi connectivity index (χ0n) is 16.0. The van der Waals surface area contributed by atoms with E-state index < -0.39 is 0 Å². The highest BCUT2D eigenvalue weighted by Crippen LogP contribution is 2.18. The summed E-state index contributed by atoms with van der Waals surface area (Å²) in [5.41, 5.74) is 3.74. The van der Waals surface area contributed by atoms with E-state index in [9.17, 15) is 9.59 Å². The number of carbonyl (C=O) groups excluding carboxylic acids is 2. The lowest BCUT2D eigenvalue weighted by Crippen LogP contribution is -2.37. The largest absolute Gasteiger partial charge is 0.351 e. The standard InChI is InChI=1S/C21H24N4O2/c1-15-12-19(16(2)23(15)3)21(27)25-9-5-8-24(10-11-25)20(26)18-7-4-6-17(13-18)14-22/h4,6-7,12-13H,5,8-11H2,1-3H3. The van der Waals surface area contributed by atoms with Crippen molar-refractivity contribution >= 4 is 11.8 Å². The summed E-state index contributed by atoms with van der Waals surface area (Å²) < 4.78 is 2.02. The average Bonchev–Trinajstić information content (AvgIpc) is 2.88. The van der Waals surface area contributed by atoms with Crippen LogP contribution in [0.5, 0.6) is 0 Å². The Labute approximate surface area is 159 Å². The van der Waals surface area contributed by atoms with Crippen molar-refractivity contribution in [2.24, 2.45) is 7.05 Å². The van der Waals surface area contributed by atoms with Crippen LogP contribution in [0.4, 0.5) is 0 Å². The predicted octanol–water partition coefficient (Wildman–Crippen LogP) is 2.50. The molecule has 1 aromatic carbocycles. The number of aryl methyl sites for hydroxylation is 1. The quantitative estimate of drug-likeness (QED) is 0.822. The van der Waals surface area contributed by atoms with Gasteiger partial charge in [-0.25, -0.2) is 0 Å². The van der Waals surface area contributed by atoms with Crippen molar-refractivity contribution < 1.29 is 9.59 Å². The van der Waals surface area contributed by atoms with Crippen LogP contribution >= 0.6 is 0 Å². The molecule has 0 radical (unpaired) electrons. The highest BCUT2D eigenvalue weighted by atomic mass is 16.2. The number of benzene rings is 1. The Morgan fingerprint density at radius 1 is 1.00 bits per heavy atom. The van der Waals surface area contributed by atoms with Gasteiger partial charge in [0.15, 0.2) is 0 Å². The lowest BCUT2D eigenvalue weighted by Gasteiger charge is -2.22. The van der Waals surface area contributed by atoms with Gasteiger partial charge in [0.25, 0.3) is 11.8 Å². The van der Waals surface area contributed by atoms with E-state index in [1.807, 2.05) is 36.4 Å². The SMILES string of the molecule is Cc1cc(C(=O)N2CCCN(C(=O)c3cccc(C#N)c3)CC2)c(C)n1C. The van der Waals surface area contributed by atoms with Crippen LogP contribution in [0.25, 0.3) is 0 Å². The second kappa shape index (κ2) is 7.67. The molecule has 0 saturated carbocycles. The molecule has 0 bridgehead atoms. The van der Waals surface area contributed by atoms with Crippen molar-refractivity contribution in [2.45, 2.75) is 20.3 Å². The number of hydrogen-bond donors (Lipinski definition) is 0. The smallest absolute Gasteiger partial charge is 0.255 e. The minimum absolute atomic E-state index is 0.0250. The molecular formula is C21H24N4O2. The van der Waals surface area contributed by atoms with Gasteiger partial charge < -0.3 is 14.4 Å².